The Bertz CT molecular complexity index is 1060. The van der Waals surface area contributed by atoms with E-state index in [-0.39, 0.29) is 5.41 Å². The molecule has 1 atom stereocenters. The second kappa shape index (κ2) is 7.17. The van der Waals surface area contributed by atoms with E-state index in [1.165, 1.54) is 0 Å². The Morgan fingerprint density at radius 3 is 2.79 bits per heavy atom. The van der Waals surface area contributed by atoms with Gasteiger partial charge in [0.25, 0.3) is 0 Å². The van der Waals surface area contributed by atoms with Gasteiger partial charge in [-0.1, -0.05) is 12.0 Å². The number of aromatic nitrogens is 3. The molecular formula is C22H25N5O. The van der Waals surface area contributed by atoms with E-state index < -0.39 is 0 Å². The Kier molecular flexibility index (Phi) is 4.70. The lowest BCUT2D eigenvalue weighted by Gasteiger charge is -2.12. The first-order valence-electron chi connectivity index (χ1n) is 9.51. The number of anilines is 2. The third-order valence-electron chi connectivity index (χ3n) is 4.62. The molecule has 2 aromatic heterocycles. The fraction of sp³-hybridized carbons (Fsp3) is 0.364. The van der Waals surface area contributed by atoms with Gasteiger partial charge >= 0.3 is 0 Å². The van der Waals surface area contributed by atoms with E-state index in [4.69, 9.17) is 10.5 Å². The highest BCUT2D eigenvalue weighted by Crippen LogP contribution is 2.28. The highest BCUT2D eigenvalue weighted by Gasteiger charge is 2.16. The van der Waals surface area contributed by atoms with Gasteiger partial charge in [-0.2, -0.15) is 4.68 Å². The van der Waals surface area contributed by atoms with Crippen LogP contribution in [0.3, 0.4) is 0 Å². The van der Waals surface area contributed by atoms with E-state index in [1.54, 1.807) is 4.68 Å². The van der Waals surface area contributed by atoms with Crippen LogP contribution in [0.5, 0.6) is 0 Å². The minimum absolute atomic E-state index is 0.0994. The number of nitrogens with one attached hydrogen (secondary N) is 1. The van der Waals surface area contributed by atoms with Crippen molar-refractivity contribution in [1.29, 1.82) is 0 Å². The minimum atomic E-state index is -0.0994. The summed E-state index contributed by atoms with van der Waals surface area (Å²) in [4.78, 5) is 4.43. The van der Waals surface area contributed by atoms with Crippen molar-refractivity contribution >= 4 is 22.5 Å². The summed E-state index contributed by atoms with van der Waals surface area (Å²) < 4.78 is 7.09. The van der Waals surface area contributed by atoms with Gasteiger partial charge in [-0.25, -0.2) is 4.98 Å². The molecule has 0 bridgehead atoms. The summed E-state index contributed by atoms with van der Waals surface area (Å²) in [5.74, 6) is 4.54. The maximum absolute atomic E-state index is 6.16. The smallest absolute Gasteiger partial charge is 0.154 e. The van der Waals surface area contributed by atoms with Crippen LogP contribution >= 0.6 is 0 Å². The molecule has 6 heteroatoms. The Balaban J connectivity index is 1.66. The van der Waals surface area contributed by atoms with E-state index >= 15 is 0 Å². The molecule has 0 spiro atoms. The molecule has 144 valence electrons. The molecule has 4 rings (SSSR count). The third kappa shape index (κ3) is 3.95. The number of pyridine rings is 1. The molecule has 1 unspecified atom stereocenters. The van der Waals surface area contributed by atoms with E-state index in [2.05, 4.69) is 66.3 Å². The number of benzene rings is 1. The quantitative estimate of drug-likeness (QED) is 0.682. The summed E-state index contributed by atoms with van der Waals surface area (Å²) in [5, 5.41) is 8.73. The molecule has 1 aliphatic rings. The SMILES string of the molecule is CC(C)(C)C#Cn1nc(N)c2cc(-c3ccnc(NC4CCOC4)c3)ccc21. The largest absolute Gasteiger partial charge is 0.382 e. The number of nitrogens with two attached hydrogens (primary N) is 1. The zero-order valence-electron chi connectivity index (χ0n) is 16.5. The van der Waals surface area contributed by atoms with Crippen molar-refractivity contribution in [3.05, 3.63) is 36.5 Å². The number of ether oxygens (including phenoxy) is 1. The summed E-state index contributed by atoms with van der Waals surface area (Å²) in [5.41, 5.74) is 9.12. The summed E-state index contributed by atoms with van der Waals surface area (Å²) in [6.45, 7) is 7.73. The molecule has 28 heavy (non-hydrogen) atoms. The summed E-state index contributed by atoms with van der Waals surface area (Å²) in [6, 6.07) is 13.6. The van der Waals surface area contributed by atoms with Crippen molar-refractivity contribution in [2.75, 3.05) is 24.3 Å². The molecule has 0 radical (unpaired) electrons. The lowest BCUT2D eigenvalue weighted by atomic mass is 9.99. The standard InChI is InChI=1S/C22H25N5O/c1-22(2,3)8-10-27-19-5-4-15(12-18(19)21(23)26-27)16-6-9-24-20(13-16)25-17-7-11-28-14-17/h4-6,9,12-13,17H,7,11,14H2,1-3H3,(H2,23,26)(H,24,25). The monoisotopic (exact) mass is 375 g/mol. The van der Waals surface area contributed by atoms with Crippen molar-refractivity contribution in [1.82, 2.24) is 14.8 Å². The van der Waals surface area contributed by atoms with Crippen molar-refractivity contribution < 1.29 is 4.74 Å². The fourth-order valence-electron chi connectivity index (χ4n) is 3.17. The Hall–Kier alpha value is -3.04. The molecule has 1 saturated heterocycles. The van der Waals surface area contributed by atoms with Crippen LogP contribution < -0.4 is 11.1 Å². The normalized spacial score (nSPS) is 16.8. The third-order valence-corrected chi connectivity index (χ3v) is 4.62. The number of nitrogens with zero attached hydrogens (tertiary/aromatic N) is 3. The maximum Gasteiger partial charge on any atom is 0.154 e. The van der Waals surface area contributed by atoms with Gasteiger partial charge in [-0.15, -0.1) is 5.10 Å². The van der Waals surface area contributed by atoms with Crippen LogP contribution in [0.1, 0.15) is 27.2 Å². The van der Waals surface area contributed by atoms with Crippen LogP contribution in [0.15, 0.2) is 36.5 Å². The number of hydrogen-bond donors (Lipinski definition) is 2. The second-order valence-electron chi connectivity index (χ2n) is 8.15. The highest BCUT2D eigenvalue weighted by molar-refractivity contribution is 5.93. The predicted molar refractivity (Wildman–Crippen MR) is 113 cm³/mol. The van der Waals surface area contributed by atoms with Crippen LogP contribution in [0, 0.1) is 17.4 Å². The minimum Gasteiger partial charge on any atom is -0.382 e. The molecule has 6 nitrogen and oxygen atoms in total. The lowest BCUT2D eigenvalue weighted by molar-refractivity contribution is 0.195. The fourth-order valence-corrected chi connectivity index (χ4v) is 3.17. The molecule has 3 N–H and O–H groups in total. The average molecular weight is 375 g/mol. The van der Waals surface area contributed by atoms with Crippen molar-refractivity contribution in [2.24, 2.45) is 5.41 Å². The zero-order valence-corrected chi connectivity index (χ0v) is 16.5. The number of nitrogen functional groups attached to an aromatic ring is 1. The first kappa shape index (κ1) is 18.3. The van der Waals surface area contributed by atoms with Crippen LogP contribution in [-0.2, 0) is 4.74 Å². The Morgan fingerprint density at radius 1 is 1.21 bits per heavy atom. The number of fused-ring (bicyclic) bond motifs is 1. The van der Waals surface area contributed by atoms with Crippen LogP contribution in [0.2, 0.25) is 0 Å². The van der Waals surface area contributed by atoms with Gasteiger partial charge in [0.15, 0.2) is 5.82 Å². The predicted octanol–water partition coefficient (Wildman–Crippen LogP) is 3.74. The van der Waals surface area contributed by atoms with E-state index in [0.717, 1.165) is 47.5 Å². The van der Waals surface area contributed by atoms with Gasteiger partial charge < -0.3 is 15.8 Å². The van der Waals surface area contributed by atoms with Crippen molar-refractivity contribution in [2.45, 2.75) is 33.2 Å². The van der Waals surface area contributed by atoms with Gasteiger partial charge in [0.2, 0.25) is 0 Å². The van der Waals surface area contributed by atoms with Crippen LogP contribution in [0.25, 0.3) is 22.0 Å². The molecular weight excluding hydrogens is 350 g/mol. The summed E-state index contributed by atoms with van der Waals surface area (Å²) in [6.07, 6.45) is 2.82. The molecule has 0 aliphatic carbocycles. The van der Waals surface area contributed by atoms with E-state index in [1.807, 2.05) is 18.3 Å². The second-order valence-corrected chi connectivity index (χ2v) is 8.15. The molecule has 0 saturated carbocycles. The average Bonchev–Trinajstić information content (AvgIpc) is 3.27. The topological polar surface area (TPSA) is 78.0 Å². The first-order chi connectivity index (χ1) is 13.4. The van der Waals surface area contributed by atoms with Gasteiger partial charge in [0, 0.05) is 29.6 Å². The molecule has 3 aromatic rings. The van der Waals surface area contributed by atoms with Gasteiger partial charge in [0.1, 0.15) is 5.82 Å². The summed E-state index contributed by atoms with van der Waals surface area (Å²) >= 11 is 0. The van der Waals surface area contributed by atoms with Crippen LogP contribution in [-0.4, -0.2) is 34.0 Å². The van der Waals surface area contributed by atoms with Gasteiger partial charge in [-0.05, 0) is 62.6 Å². The van der Waals surface area contributed by atoms with Crippen LogP contribution in [0.4, 0.5) is 11.6 Å². The van der Waals surface area contributed by atoms with Gasteiger partial charge in [0.05, 0.1) is 18.2 Å². The van der Waals surface area contributed by atoms with E-state index in [9.17, 15) is 0 Å². The number of rotatable bonds is 3. The molecule has 1 fully saturated rings. The van der Waals surface area contributed by atoms with Crippen molar-refractivity contribution in [3.63, 3.8) is 0 Å². The molecule has 1 aliphatic heterocycles. The van der Waals surface area contributed by atoms with E-state index in [0.29, 0.717) is 11.9 Å². The molecule has 1 aromatic carbocycles. The first-order valence-corrected chi connectivity index (χ1v) is 9.51. The lowest BCUT2D eigenvalue weighted by Crippen LogP contribution is -2.19. The maximum atomic E-state index is 6.16. The molecule has 0 amide bonds. The number of hydrogen-bond acceptors (Lipinski definition) is 5. The zero-order chi connectivity index (χ0) is 19.7. The Morgan fingerprint density at radius 2 is 2.04 bits per heavy atom. The molecule has 3 heterocycles. The highest BCUT2D eigenvalue weighted by atomic mass is 16.5. The van der Waals surface area contributed by atoms with Crippen molar-refractivity contribution in [3.8, 4) is 23.1 Å². The van der Waals surface area contributed by atoms with Gasteiger partial charge in [-0.3, -0.25) is 0 Å². The summed E-state index contributed by atoms with van der Waals surface area (Å²) in [7, 11) is 0. The Labute approximate surface area is 165 Å².